The molecule has 2 aliphatic heterocycles. The van der Waals surface area contributed by atoms with Crippen molar-refractivity contribution in [1.29, 1.82) is 0 Å². The molecule has 3 aliphatic rings. The van der Waals surface area contributed by atoms with E-state index in [-0.39, 0.29) is 6.04 Å². The van der Waals surface area contributed by atoms with Gasteiger partial charge in [0.05, 0.1) is 0 Å². The smallest absolute Gasteiger partial charge is 0.320 e. The van der Waals surface area contributed by atoms with Gasteiger partial charge in [-0.05, 0) is 45.6 Å². The van der Waals surface area contributed by atoms with Crippen molar-refractivity contribution in [1.82, 2.24) is 9.80 Å². The molecule has 0 spiro atoms. The Bertz CT molecular complexity index is 330. The van der Waals surface area contributed by atoms with E-state index in [2.05, 4.69) is 16.7 Å². The molecular formula is C14H24N2O2. The number of aliphatic carboxylic acids is 1. The van der Waals surface area contributed by atoms with E-state index >= 15 is 0 Å². The van der Waals surface area contributed by atoms with Crippen LogP contribution in [0.4, 0.5) is 0 Å². The zero-order valence-corrected chi connectivity index (χ0v) is 11.2. The second kappa shape index (κ2) is 4.82. The maximum absolute atomic E-state index is 11.4. The van der Waals surface area contributed by atoms with Gasteiger partial charge < -0.3 is 5.11 Å². The van der Waals surface area contributed by atoms with Gasteiger partial charge >= 0.3 is 5.97 Å². The van der Waals surface area contributed by atoms with Crippen molar-refractivity contribution in [3.8, 4) is 0 Å². The van der Waals surface area contributed by atoms with Gasteiger partial charge in [-0.1, -0.05) is 6.42 Å². The summed E-state index contributed by atoms with van der Waals surface area (Å²) >= 11 is 0. The first kappa shape index (κ1) is 12.4. The van der Waals surface area contributed by atoms with Crippen molar-refractivity contribution in [2.45, 2.75) is 69.6 Å². The van der Waals surface area contributed by atoms with Crippen LogP contribution in [0, 0.1) is 0 Å². The maximum atomic E-state index is 11.4. The van der Waals surface area contributed by atoms with Crippen molar-refractivity contribution in [2.75, 3.05) is 13.1 Å². The SMILES string of the molecule is CC1CC(N2CCCCC2C(=O)O)CN1C1CC1. The third-order valence-electron chi connectivity index (χ3n) is 4.92. The minimum Gasteiger partial charge on any atom is -0.480 e. The molecule has 2 saturated heterocycles. The molecule has 3 atom stereocenters. The van der Waals surface area contributed by atoms with E-state index in [4.69, 9.17) is 0 Å². The molecule has 0 aromatic heterocycles. The van der Waals surface area contributed by atoms with E-state index in [1.807, 2.05) is 0 Å². The van der Waals surface area contributed by atoms with Crippen LogP contribution in [0.5, 0.6) is 0 Å². The summed E-state index contributed by atoms with van der Waals surface area (Å²) in [5.74, 6) is -0.618. The fourth-order valence-electron chi connectivity index (χ4n) is 3.84. The lowest BCUT2D eigenvalue weighted by atomic mass is 9.99. The number of rotatable bonds is 3. The maximum Gasteiger partial charge on any atom is 0.320 e. The van der Waals surface area contributed by atoms with Crippen molar-refractivity contribution in [3.63, 3.8) is 0 Å². The van der Waals surface area contributed by atoms with Crippen LogP contribution in [-0.4, -0.2) is 58.1 Å². The molecule has 1 aliphatic carbocycles. The number of carboxylic acids is 1. The van der Waals surface area contributed by atoms with Gasteiger partial charge in [0.2, 0.25) is 0 Å². The average molecular weight is 252 g/mol. The molecule has 3 rings (SSSR count). The Morgan fingerprint density at radius 1 is 1.11 bits per heavy atom. The summed E-state index contributed by atoms with van der Waals surface area (Å²) in [6.45, 7) is 4.38. The summed E-state index contributed by atoms with van der Waals surface area (Å²) in [5.41, 5.74) is 0. The number of carbonyl (C=O) groups is 1. The van der Waals surface area contributed by atoms with Crippen LogP contribution in [0.1, 0.15) is 45.4 Å². The molecule has 0 aromatic rings. The normalized spacial score (nSPS) is 39.1. The van der Waals surface area contributed by atoms with Gasteiger partial charge in [-0.2, -0.15) is 0 Å². The standard InChI is InChI=1S/C14H24N2O2/c1-10-8-12(9-16(10)11-5-6-11)15-7-3-2-4-13(15)14(17)18/h10-13H,2-9H2,1H3,(H,17,18). The second-order valence-electron chi connectivity index (χ2n) is 6.25. The molecule has 1 N–H and O–H groups in total. The predicted molar refractivity (Wildman–Crippen MR) is 69.6 cm³/mol. The molecule has 0 aromatic carbocycles. The van der Waals surface area contributed by atoms with Crippen molar-refractivity contribution in [2.24, 2.45) is 0 Å². The van der Waals surface area contributed by atoms with Crippen molar-refractivity contribution >= 4 is 5.97 Å². The summed E-state index contributed by atoms with van der Waals surface area (Å²) in [5, 5.41) is 9.37. The van der Waals surface area contributed by atoms with Crippen molar-refractivity contribution < 1.29 is 9.90 Å². The van der Waals surface area contributed by atoms with E-state index in [1.54, 1.807) is 0 Å². The third-order valence-corrected chi connectivity index (χ3v) is 4.92. The van der Waals surface area contributed by atoms with Gasteiger partial charge in [-0.3, -0.25) is 14.6 Å². The summed E-state index contributed by atoms with van der Waals surface area (Å²) in [6.07, 6.45) is 6.92. The molecule has 3 unspecified atom stereocenters. The van der Waals surface area contributed by atoms with Crippen molar-refractivity contribution in [3.05, 3.63) is 0 Å². The predicted octanol–water partition coefficient (Wildman–Crippen LogP) is 1.55. The van der Waals surface area contributed by atoms with Crippen LogP contribution in [0.2, 0.25) is 0 Å². The van der Waals surface area contributed by atoms with Crippen LogP contribution in [0.15, 0.2) is 0 Å². The minimum absolute atomic E-state index is 0.227. The topological polar surface area (TPSA) is 43.8 Å². The van der Waals surface area contributed by atoms with E-state index in [0.717, 1.165) is 44.8 Å². The molecule has 4 heteroatoms. The number of piperidine rings is 1. The first-order valence-electron chi connectivity index (χ1n) is 7.41. The highest BCUT2D eigenvalue weighted by molar-refractivity contribution is 5.73. The van der Waals surface area contributed by atoms with E-state index in [9.17, 15) is 9.90 Å². The molecule has 102 valence electrons. The number of carboxylic acid groups (broad SMARTS) is 1. The molecule has 4 nitrogen and oxygen atoms in total. The quantitative estimate of drug-likeness (QED) is 0.827. The molecule has 1 saturated carbocycles. The monoisotopic (exact) mass is 252 g/mol. The first-order valence-corrected chi connectivity index (χ1v) is 7.41. The number of nitrogens with zero attached hydrogens (tertiary/aromatic N) is 2. The van der Waals surface area contributed by atoms with Gasteiger partial charge in [0.1, 0.15) is 6.04 Å². The van der Waals surface area contributed by atoms with Gasteiger partial charge in [-0.25, -0.2) is 0 Å². The molecular weight excluding hydrogens is 228 g/mol. The summed E-state index contributed by atoms with van der Waals surface area (Å²) in [6, 6.07) is 1.69. The van der Waals surface area contributed by atoms with Gasteiger partial charge in [0.25, 0.3) is 0 Å². The lowest BCUT2D eigenvalue weighted by Crippen LogP contribution is -2.51. The van der Waals surface area contributed by atoms with E-state index in [1.165, 1.54) is 12.8 Å². The Morgan fingerprint density at radius 3 is 2.56 bits per heavy atom. The lowest BCUT2D eigenvalue weighted by Gasteiger charge is -2.37. The third kappa shape index (κ3) is 2.28. The van der Waals surface area contributed by atoms with Crippen LogP contribution in [-0.2, 0) is 4.79 Å². The molecule has 0 amide bonds. The number of hydrogen-bond acceptors (Lipinski definition) is 3. The fourth-order valence-corrected chi connectivity index (χ4v) is 3.84. The molecule has 3 fully saturated rings. The molecule has 18 heavy (non-hydrogen) atoms. The number of hydrogen-bond donors (Lipinski definition) is 1. The van der Waals surface area contributed by atoms with Crippen LogP contribution in [0.3, 0.4) is 0 Å². The Morgan fingerprint density at radius 2 is 1.89 bits per heavy atom. The average Bonchev–Trinajstić information content (AvgIpc) is 3.13. The molecule has 0 bridgehead atoms. The molecule has 0 radical (unpaired) electrons. The van der Waals surface area contributed by atoms with Gasteiger partial charge in [-0.15, -0.1) is 0 Å². The highest BCUT2D eigenvalue weighted by atomic mass is 16.4. The minimum atomic E-state index is -0.618. The molecule has 2 heterocycles. The zero-order chi connectivity index (χ0) is 12.7. The van der Waals surface area contributed by atoms with Gasteiger partial charge in [0, 0.05) is 24.7 Å². The van der Waals surface area contributed by atoms with Crippen LogP contribution in [0.25, 0.3) is 0 Å². The Balaban J connectivity index is 1.67. The fraction of sp³-hybridized carbons (Fsp3) is 0.929. The summed E-state index contributed by atoms with van der Waals surface area (Å²) in [7, 11) is 0. The van der Waals surface area contributed by atoms with E-state index in [0.29, 0.717) is 12.1 Å². The summed E-state index contributed by atoms with van der Waals surface area (Å²) in [4.78, 5) is 16.3. The van der Waals surface area contributed by atoms with Gasteiger partial charge in [0.15, 0.2) is 0 Å². The zero-order valence-electron chi connectivity index (χ0n) is 11.2. The highest BCUT2D eigenvalue weighted by Crippen LogP contribution is 2.36. The van der Waals surface area contributed by atoms with E-state index < -0.39 is 5.97 Å². The second-order valence-corrected chi connectivity index (χ2v) is 6.25. The first-order chi connectivity index (χ1) is 8.66. The van der Waals surface area contributed by atoms with Crippen LogP contribution >= 0.6 is 0 Å². The lowest BCUT2D eigenvalue weighted by molar-refractivity contribution is -0.145. The summed E-state index contributed by atoms with van der Waals surface area (Å²) < 4.78 is 0. The van der Waals surface area contributed by atoms with Crippen LogP contribution < -0.4 is 0 Å². The Labute approximate surface area is 109 Å². The number of likely N-dealkylation sites (tertiary alicyclic amines) is 2. The largest absolute Gasteiger partial charge is 0.480 e. The Kier molecular flexibility index (Phi) is 3.32. The highest BCUT2D eigenvalue weighted by Gasteiger charge is 2.43. The Hall–Kier alpha value is -0.610.